The molecule has 82 valence electrons. The normalized spacial score (nSPS) is 20.4. The minimum absolute atomic E-state index is 0.181. The maximum Gasteiger partial charge on any atom is 0.321 e. The number of hydrogen-bond donors (Lipinski definition) is 0. The van der Waals surface area contributed by atoms with Gasteiger partial charge in [-0.3, -0.25) is 9.69 Å². The number of ether oxygens (including phenoxy) is 2. The summed E-state index contributed by atoms with van der Waals surface area (Å²) in [6.07, 6.45) is 0. The van der Waals surface area contributed by atoms with Crippen LogP contribution in [0.1, 0.15) is 6.92 Å². The van der Waals surface area contributed by atoms with Crippen molar-refractivity contribution in [2.75, 3.05) is 39.5 Å². The zero-order valence-electron chi connectivity index (χ0n) is 8.37. The van der Waals surface area contributed by atoms with Gasteiger partial charge in [0.15, 0.2) is 0 Å². The molecule has 1 heterocycles. The molecule has 0 aromatic carbocycles. The fourth-order valence-electron chi connectivity index (χ4n) is 1.32. The minimum atomic E-state index is -0.222. The molecule has 0 radical (unpaired) electrons. The van der Waals surface area contributed by atoms with E-state index in [0.29, 0.717) is 13.2 Å². The van der Waals surface area contributed by atoms with E-state index in [0.717, 1.165) is 26.3 Å². The smallest absolute Gasteiger partial charge is 0.321 e. The molecule has 14 heavy (non-hydrogen) atoms. The van der Waals surface area contributed by atoms with Gasteiger partial charge < -0.3 is 9.47 Å². The topological polar surface area (TPSA) is 38.8 Å². The Balaban J connectivity index is 2.24. The molecular formula is C9H16BrNO3. The minimum Gasteiger partial charge on any atom is -0.465 e. The van der Waals surface area contributed by atoms with Gasteiger partial charge in [0.2, 0.25) is 0 Å². The van der Waals surface area contributed by atoms with Gasteiger partial charge in [-0.25, -0.2) is 0 Å². The molecule has 0 saturated carbocycles. The van der Waals surface area contributed by atoms with Gasteiger partial charge >= 0.3 is 5.97 Å². The van der Waals surface area contributed by atoms with E-state index in [1.807, 2.05) is 6.92 Å². The Labute approximate surface area is 92.7 Å². The van der Waals surface area contributed by atoms with Gasteiger partial charge in [0.05, 0.1) is 19.8 Å². The molecule has 1 fully saturated rings. The molecule has 0 aliphatic carbocycles. The fourth-order valence-corrected chi connectivity index (χ4v) is 1.86. The predicted molar refractivity (Wildman–Crippen MR) is 56.6 cm³/mol. The summed E-state index contributed by atoms with van der Waals surface area (Å²) in [4.78, 5) is 13.3. The highest BCUT2D eigenvalue weighted by atomic mass is 79.9. The summed E-state index contributed by atoms with van der Waals surface area (Å²) < 4.78 is 10.1. The number of carbonyl (C=O) groups is 1. The Kier molecular flexibility index (Phi) is 5.44. The quantitative estimate of drug-likeness (QED) is 0.553. The highest BCUT2D eigenvalue weighted by Gasteiger charge is 2.20. The second kappa shape index (κ2) is 6.37. The summed E-state index contributed by atoms with van der Waals surface area (Å²) in [6, 6.07) is 0. The molecule has 0 spiro atoms. The lowest BCUT2D eigenvalue weighted by Crippen LogP contribution is -2.41. The first kappa shape index (κ1) is 11.9. The average Bonchev–Trinajstić information content (AvgIpc) is 2.19. The summed E-state index contributed by atoms with van der Waals surface area (Å²) in [5.41, 5.74) is 0. The van der Waals surface area contributed by atoms with Gasteiger partial charge in [0.1, 0.15) is 4.83 Å². The molecule has 0 amide bonds. The zero-order valence-corrected chi connectivity index (χ0v) is 9.96. The van der Waals surface area contributed by atoms with Crippen molar-refractivity contribution in [2.24, 2.45) is 0 Å². The summed E-state index contributed by atoms with van der Waals surface area (Å²) in [6.45, 7) is 6.23. The SMILES string of the molecule is CCOC(=O)C(Br)CN1CCOCC1. The number of nitrogens with zero attached hydrogens (tertiary/aromatic N) is 1. The van der Waals surface area contributed by atoms with Crippen LogP contribution < -0.4 is 0 Å². The molecule has 0 aromatic heterocycles. The van der Waals surface area contributed by atoms with Crippen LogP contribution in [0.5, 0.6) is 0 Å². The van der Waals surface area contributed by atoms with Crippen molar-refractivity contribution in [1.29, 1.82) is 0 Å². The van der Waals surface area contributed by atoms with Crippen molar-refractivity contribution < 1.29 is 14.3 Å². The van der Waals surface area contributed by atoms with E-state index in [-0.39, 0.29) is 10.8 Å². The molecular weight excluding hydrogens is 250 g/mol. The van der Waals surface area contributed by atoms with Gasteiger partial charge in [0, 0.05) is 19.6 Å². The molecule has 4 nitrogen and oxygen atoms in total. The van der Waals surface area contributed by atoms with Crippen molar-refractivity contribution in [3.63, 3.8) is 0 Å². The number of alkyl halides is 1. The number of rotatable bonds is 4. The highest BCUT2D eigenvalue weighted by Crippen LogP contribution is 2.07. The van der Waals surface area contributed by atoms with Crippen LogP contribution in [0.4, 0.5) is 0 Å². The van der Waals surface area contributed by atoms with Crippen LogP contribution in [0.25, 0.3) is 0 Å². The van der Waals surface area contributed by atoms with Crippen LogP contribution in [-0.4, -0.2) is 55.2 Å². The van der Waals surface area contributed by atoms with Crippen LogP contribution in [0.2, 0.25) is 0 Å². The average molecular weight is 266 g/mol. The summed E-state index contributed by atoms with van der Waals surface area (Å²) in [5.74, 6) is -0.181. The molecule has 1 saturated heterocycles. The van der Waals surface area contributed by atoms with Crippen LogP contribution in [-0.2, 0) is 14.3 Å². The van der Waals surface area contributed by atoms with Gasteiger partial charge in [-0.1, -0.05) is 15.9 Å². The number of halogens is 1. The van der Waals surface area contributed by atoms with Gasteiger partial charge in [0.25, 0.3) is 0 Å². The Morgan fingerprint density at radius 3 is 2.79 bits per heavy atom. The Hall–Kier alpha value is -0.130. The Morgan fingerprint density at radius 2 is 2.21 bits per heavy atom. The fraction of sp³-hybridized carbons (Fsp3) is 0.889. The van der Waals surface area contributed by atoms with Crippen LogP contribution >= 0.6 is 15.9 Å². The Bertz CT molecular complexity index is 183. The van der Waals surface area contributed by atoms with E-state index in [9.17, 15) is 4.79 Å². The monoisotopic (exact) mass is 265 g/mol. The maximum absolute atomic E-state index is 11.3. The van der Waals surface area contributed by atoms with E-state index in [2.05, 4.69) is 20.8 Å². The lowest BCUT2D eigenvalue weighted by atomic mass is 10.3. The Morgan fingerprint density at radius 1 is 1.57 bits per heavy atom. The highest BCUT2D eigenvalue weighted by molar-refractivity contribution is 9.10. The van der Waals surface area contributed by atoms with Gasteiger partial charge in [-0.15, -0.1) is 0 Å². The largest absolute Gasteiger partial charge is 0.465 e. The lowest BCUT2D eigenvalue weighted by Gasteiger charge is -2.27. The molecule has 1 atom stereocenters. The first-order valence-electron chi connectivity index (χ1n) is 4.85. The number of carbonyl (C=O) groups excluding carboxylic acids is 1. The van der Waals surface area contributed by atoms with E-state index in [1.165, 1.54) is 0 Å². The third-order valence-electron chi connectivity index (χ3n) is 2.06. The van der Waals surface area contributed by atoms with Crippen molar-refractivity contribution in [2.45, 2.75) is 11.8 Å². The molecule has 0 N–H and O–H groups in total. The molecule has 1 aliphatic heterocycles. The standard InChI is InChI=1S/C9H16BrNO3/c1-2-14-9(12)8(10)7-11-3-5-13-6-4-11/h8H,2-7H2,1H3. The van der Waals surface area contributed by atoms with Crippen molar-refractivity contribution >= 4 is 21.9 Å². The summed E-state index contributed by atoms with van der Waals surface area (Å²) >= 11 is 3.32. The molecule has 0 aromatic rings. The number of morpholine rings is 1. The van der Waals surface area contributed by atoms with E-state index < -0.39 is 0 Å². The van der Waals surface area contributed by atoms with Crippen molar-refractivity contribution in [3.8, 4) is 0 Å². The van der Waals surface area contributed by atoms with E-state index >= 15 is 0 Å². The predicted octanol–water partition coefficient (Wildman–Crippen LogP) is 0.645. The molecule has 5 heteroatoms. The van der Waals surface area contributed by atoms with Crippen LogP contribution in [0.15, 0.2) is 0 Å². The van der Waals surface area contributed by atoms with Crippen LogP contribution in [0.3, 0.4) is 0 Å². The second-order valence-corrected chi connectivity index (χ2v) is 4.24. The third kappa shape index (κ3) is 3.94. The first-order chi connectivity index (χ1) is 6.74. The maximum atomic E-state index is 11.3. The molecule has 1 aliphatic rings. The zero-order chi connectivity index (χ0) is 10.4. The molecule has 1 rings (SSSR count). The van der Waals surface area contributed by atoms with E-state index in [4.69, 9.17) is 9.47 Å². The van der Waals surface area contributed by atoms with Gasteiger partial charge in [-0.05, 0) is 6.92 Å². The summed E-state index contributed by atoms with van der Waals surface area (Å²) in [5, 5.41) is 0. The number of hydrogen-bond acceptors (Lipinski definition) is 4. The second-order valence-electron chi connectivity index (χ2n) is 3.13. The molecule has 1 unspecified atom stereocenters. The lowest BCUT2D eigenvalue weighted by molar-refractivity contribution is -0.142. The van der Waals surface area contributed by atoms with Gasteiger partial charge in [-0.2, -0.15) is 0 Å². The van der Waals surface area contributed by atoms with Crippen molar-refractivity contribution in [3.05, 3.63) is 0 Å². The summed E-state index contributed by atoms with van der Waals surface area (Å²) in [7, 11) is 0. The van der Waals surface area contributed by atoms with Crippen LogP contribution in [0, 0.1) is 0 Å². The third-order valence-corrected chi connectivity index (χ3v) is 2.73. The first-order valence-corrected chi connectivity index (χ1v) is 5.76. The van der Waals surface area contributed by atoms with Crippen molar-refractivity contribution in [1.82, 2.24) is 4.90 Å². The molecule has 0 bridgehead atoms. The van der Waals surface area contributed by atoms with E-state index in [1.54, 1.807) is 0 Å². The number of esters is 1.